The van der Waals surface area contributed by atoms with E-state index in [-0.39, 0.29) is 11.3 Å². The maximum atomic E-state index is 11.9. The Labute approximate surface area is 115 Å². The summed E-state index contributed by atoms with van der Waals surface area (Å²) in [5, 5.41) is 0. The average Bonchev–Trinajstić information content (AvgIpc) is 2.35. The molecule has 1 amide bonds. The van der Waals surface area contributed by atoms with Gasteiger partial charge in [-0.1, -0.05) is 26.8 Å². The van der Waals surface area contributed by atoms with Gasteiger partial charge in [0.05, 0.1) is 7.11 Å². The van der Waals surface area contributed by atoms with E-state index < -0.39 is 6.04 Å². The van der Waals surface area contributed by atoms with E-state index in [2.05, 4.69) is 20.8 Å². The second-order valence-electron chi connectivity index (χ2n) is 5.92. The summed E-state index contributed by atoms with van der Waals surface area (Å²) in [6.45, 7) is 6.32. The van der Waals surface area contributed by atoms with Crippen molar-refractivity contribution in [1.82, 2.24) is 4.90 Å². The number of methoxy groups -OCH3 is 1. The van der Waals surface area contributed by atoms with Gasteiger partial charge in [0, 0.05) is 14.1 Å². The van der Waals surface area contributed by atoms with Crippen molar-refractivity contribution in [2.45, 2.75) is 32.2 Å². The van der Waals surface area contributed by atoms with E-state index >= 15 is 0 Å². The molecule has 1 rings (SSSR count). The van der Waals surface area contributed by atoms with Crippen LogP contribution in [0.4, 0.5) is 0 Å². The molecule has 0 aromatic heterocycles. The van der Waals surface area contributed by atoms with Gasteiger partial charge in [-0.25, -0.2) is 0 Å². The molecule has 2 N–H and O–H groups in total. The Balaban J connectivity index is 3.22. The lowest BCUT2D eigenvalue weighted by molar-refractivity contribution is -0.130. The normalized spacial score (nSPS) is 13.0. The third-order valence-corrected chi connectivity index (χ3v) is 3.10. The summed E-state index contributed by atoms with van der Waals surface area (Å²) in [5.74, 6) is 0.714. The average molecular weight is 264 g/mol. The molecule has 19 heavy (non-hydrogen) atoms. The third kappa shape index (κ3) is 3.47. The second kappa shape index (κ2) is 5.61. The Morgan fingerprint density at radius 2 is 1.89 bits per heavy atom. The molecule has 0 saturated carbocycles. The van der Waals surface area contributed by atoms with Crippen molar-refractivity contribution in [2.24, 2.45) is 5.73 Å². The van der Waals surface area contributed by atoms with Crippen molar-refractivity contribution >= 4 is 5.91 Å². The maximum absolute atomic E-state index is 11.9. The van der Waals surface area contributed by atoms with Gasteiger partial charge in [-0.3, -0.25) is 4.79 Å². The lowest BCUT2D eigenvalue weighted by Crippen LogP contribution is -2.33. The van der Waals surface area contributed by atoms with Gasteiger partial charge >= 0.3 is 0 Å². The van der Waals surface area contributed by atoms with Crippen LogP contribution in [0.25, 0.3) is 0 Å². The molecule has 1 atom stereocenters. The second-order valence-corrected chi connectivity index (χ2v) is 5.92. The molecule has 0 spiro atoms. The van der Waals surface area contributed by atoms with E-state index in [0.717, 1.165) is 16.9 Å². The Kier molecular flexibility index (Phi) is 4.58. The molecule has 1 aromatic rings. The van der Waals surface area contributed by atoms with Crippen molar-refractivity contribution in [3.63, 3.8) is 0 Å². The molecule has 106 valence electrons. The summed E-state index contributed by atoms with van der Waals surface area (Å²) in [5.41, 5.74) is 7.80. The van der Waals surface area contributed by atoms with Gasteiger partial charge in [-0.05, 0) is 28.7 Å². The predicted octanol–water partition coefficient (Wildman–Crippen LogP) is 2.08. The molecule has 4 heteroatoms. The first-order valence-corrected chi connectivity index (χ1v) is 6.33. The zero-order chi connectivity index (χ0) is 14.8. The molecule has 0 radical (unpaired) electrons. The Morgan fingerprint density at radius 1 is 1.32 bits per heavy atom. The van der Waals surface area contributed by atoms with Crippen LogP contribution in [-0.4, -0.2) is 32.0 Å². The summed E-state index contributed by atoms with van der Waals surface area (Å²) in [6.07, 6.45) is 0. The first kappa shape index (κ1) is 15.5. The minimum Gasteiger partial charge on any atom is -0.496 e. The van der Waals surface area contributed by atoms with Crippen LogP contribution in [0.2, 0.25) is 0 Å². The van der Waals surface area contributed by atoms with Gasteiger partial charge in [0.25, 0.3) is 0 Å². The molecule has 1 unspecified atom stereocenters. The monoisotopic (exact) mass is 264 g/mol. The molecule has 0 bridgehead atoms. The van der Waals surface area contributed by atoms with Crippen molar-refractivity contribution in [2.75, 3.05) is 21.2 Å². The fourth-order valence-corrected chi connectivity index (χ4v) is 1.93. The molecular formula is C15H24N2O2. The van der Waals surface area contributed by atoms with Crippen LogP contribution >= 0.6 is 0 Å². The van der Waals surface area contributed by atoms with E-state index in [0.29, 0.717) is 0 Å². The van der Waals surface area contributed by atoms with Crippen molar-refractivity contribution in [1.29, 1.82) is 0 Å². The third-order valence-electron chi connectivity index (χ3n) is 3.10. The molecule has 1 aromatic carbocycles. The number of amides is 1. The van der Waals surface area contributed by atoms with Crippen LogP contribution in [0.3, 0.4) is 0 Å². The molecule has 0 heterocycles. The molecule has 0 fully saturated rings. The molecule has 0 aliphatic heterocycles. The Hall–Kier alpha value is -1.55. The van der Waals surface area contributed by atoms with E-state index in [1.807, 2.05) is 18.2 Å². The van der Waals surface area contributed by atoms with Crippen molar-refractivity contribution in [3.8, 4) is 5.75 Å². The van der Waals surface area contributed by atoms with Gasteiger partial charge in [0.15, 0.2) is 0 Å². The van der Waals surface area contributed by atoms with E-state index in [9.17, 15) is 4.79 Å². The first-order valence-electron chi connectivity index (χ1n) is 6.33. The quantitative estimate of drug-likeness (QED) is 0.909. The summed E-state index contributed by atoms with van der Waals surface area (Å²) >= 11 is 0. The van der Waals surface area contributed by atoms with E-state index in [4.69, 9.17) is 10.5 Å². The lowest BCUT2D eigenvalue weighted by atomic mass is 9.84. The van der Waals surface area contributed by atoms with Crippen molar-refractivity contribution < 1.29 is 9.53 Å². The number of hydrogen-bond donors (Lipinski definition) is 1. The van der Waals surface area contributed by atoms with Crippen LogP contribution < -0.4 is 10.5 Å². The van der Waals surface area contributed by atoms with Gasteiger partial charge in [-0.15, -0.1) is 0 Å². The fourth-order valence-electron chi connectivity index (χ4n) is 1.93. The number of carbonyl (C=O) groups is 1. The Bertz CT molecular complexity index is 462. The number of rotatable bonds is 3. The standard InChI is InChI=1S/C15H24N2O2/c1-15(2,3)11-9-10(7-8-12(11)19-6)13(16)14(18)17(4)5/h7-9,13H,16H2,1-6H3. The number of carbonyl (C=O) groups excluding carboxylic acids is 1. The zero-order valence-corrected chi connectivity index (χ0v) is 12.7. The van der Waals surface area contributed by atoms with Gasteiger partial charge in [0.2, 0.25) is 5.91 Å². The van der Waals surface area contributed by atoms with E-state index in [1.54, 1.807) is 21.2 Å². The fraction of sp³-hybridized carbons (Fsp3) is 0.533. The topological polar surface area (TPSA) is 55.6 Å². The summed E-state index contributed by atoms with van der Waals surface area (Å²) in [7, 11) is 5.06. The molecule has 0 saturated heterocycles. The number of likely N-dealkylation sites (N-methyl/N-ethyl adjacent to an activating group) is 1. The Morgan fingerprint density at radius 3 is 2.32 bits per heavy atom. The highest BCUT2D eigenvalue weighted by Gasteiger charge is 2.23. The van der Waals surface area contributed by atoms with E-state index in [1.165, 1.54) is 4.90 Å². The largest absolute Gasteiger partial charge is 0.496 e. The van der Waals surface area contributed by atoms with Crippen LogP contribution in [-0.2, 0) is 10.2 Å². The van der Waals surface area contributed by atoms with Gasteiger partial charge in [-0.2, -0.15) is 0 Å². The smallest absolute Gasteiger partial charge is 0.243 e. The number of nitrogens with zero attached hydrogens (tertiary/aromatic N) is 1. The van der Waals surface area contributed by atoms with Crippen molar-refractivity contribution in [3.05, 3.63) is 29.3 Å². The van der Waals surface area contributed by atoms with Gasteiger partial charge in [0.1, 0.15) is 11.8 Å². The van der Waals surface area contributed by atoms with Crippen LogP contribution in [0.15, 0.2) is 18.2 Å². The van der Waals surface area contributed by atoms with Gasteiger partial charge < -0.3 is 15.4 Å². The van der Waals surface area contributed by atoms with Crippen LogP contribution in [0, 0.1) is 0 Å². The predicted molar refractivity (Wildman–Crippen MR) is 77.3 cm³/mol. The maximum Gasteiger partial charge on any atom is 0.243 e. The van der Waals surface area contributed by atoms with Crippen LogP contribution in [0.1, 0.15) is 37.9 Å². The minimum absolute atomic E-state index is 0.0672. The number of hydrogen-bond acceptors (Lipinski definition) is 3. The summed E-state index contributed by atoms with van der Waals surface area (Å²) < 4.78 is 5.38. The van der Waals surface area contributed by atoms with Crippen LogP contribution in [0.5, 0.6) is 5.75 Å². The molecule has 4 nitrogen and oxygen atoms in total. The zero-order valence-electron chi connectivity index (χ0n) is 12.7. The number of benzene rings is 1. The minimum atomic E-state index is -0.637. The highest BCUT2D eigenvalue weighted by molar-refractivity contribution is 5.82. The highest BCUT2D eigenvalue weighted by Crippen LogP contribution is 2.33. The highest BCUT2D eigenvalue weighted by atomic mass is 16.5. The number of nitrogens with two attached hydrogens (primary N) is 1. The first-order chi connectivity index (χ1) is 8.68. The summed E-state index contributed by atoms with van der Waals surface area (Å²) in [4.78, 5) is 13.4. The summed E-state index contributed by atoms with van der Waals surface area (Å²) in [6, 6.07) is 5.05. The number of ether oxygens (including phenoxy) is 1. The lowest BCUT2D eigenvalue weighted by Gasteiger charge is -2.24. The molecule has 0 aliphatic carbocycles. The molecular weight excluding hydrogens is 240 g/mol. The SMILES string of the molecule is COc1ccc(C(N)C(=O)N(C)C)cc1C(C)(C)C. The molecule has 0 aliphatic rings.